The van der Waals surface area contributed by atoms with E-state index in [4.69, 9.17) is 4.74 Å². The second kappa shape index (κ2) is 3.97. The molecule has 0 bridgehead atoms. The van der Waals surface area contributed by atoms with Gasteiger partial charge < -0.3 is 9.84 Å². The summed E-state index contributed by atoms with van der Waals surface area (Å²) in [6.45, 7) is 3.69. The summed E-state index contributed by atoms with van der Waals surface area (Å²) in [7, 11) is 0. The van der Waals surface area contributed by atoms with Crippen LogP contribution in [0.2, 0.25) is 0 Å². The van der Waals surface area contributed by atoms with Crippen molar-refractivity contribution >= 4 is 0 Å². The molecule has 0 unspecified atom stereocenters. The molecule has 2 atom stereocenters. The van der Waals surface area contributed by atoms with Gasteiger partial charge in [0.05, 0.1) is 19.3 Å². The maximum atomic E-state index is 9.68. The van der Waals surface area contributed by atoms with Crippen LogP contribution >= 0.6 is 0 Å². The zero-order valence-electron chi connectivity index (χ0n) is 8.41. The standard InChI is InChI=1S/C11H20O2/c1-8-2-4-9(5-3-8)10-6-13-7-11(10)12/h8-12H,2-7H2,1H3/t8?,9?,10-,11+/m0/s1. The second-order valence-corrected chi connectivity index (χ2v) is 4.79. The molecule has 13 heavy (non-hydrogen) atoms. The summed E-state index contributed by atoms with van der Waals surface area (Å²) in [5, 5.41) is 9.68. The van der Waals surface area contributed by atoms with Gasteiger partial charge in [-0.3, -0.25) is 0 Å². The Balaban J connectivity index is 1.86. The van der Waals surface area contributed by atoms with Crippen molar-refractivity contribution in [1.29, 1.82) is 0 Å². The number of hydrogen-bond acceptors (Lipinski definition) is 2. The van der Waals surface area contributed by atoms with Gasteiger partial charge in [-0.15, -0.1) is 0 Å². The lowest BCUT2D eigenvalue weighted by molar-refractivity contribution is 0.0880. The highest BCUT2D eigenvalue weighted by atomic mass is 16.5. The van der Waals surface area contributed by atoms with Crippen LogP contribution in [-0.2, 0) is 4.74 Å². The normalized spacial score (nSPS) is 46.6. The van der Waals surface area contributed by atoms with Gasteiger partial charge in [-0.2, -0.15) is 0 Å². The first-order chi connectivity index (χ1) is 6.27. The van der Waals surface area contributed by atoms with E-state index in [2.05, 4.69) is 6.92 Å². The average Bonchev–Trinajstić information content (AvgIpc) is 2.53. The summed E-state index contributed by atoms with van der Waals surface area (Å²) < 4.78 is 5.30. The molecule has 76 valence electrons. The Kier molecular flexibility index (Phi) is 2.89. The number of aliphatic hydroxyl groups excluding tert-OH is 1. The fourth-order valence-corrected chi connectivity index (χ4v) is 2.72. The monoisotopic (exact) mass is 184 g/mol. The molecule has 0 aromatic carbocycles. The molecule has 0 spiro atoms. The minimum Gasteiger partial charge on any atom is -0.390 e. The summed E-state index contributed by atoms with van der Waals surface area (Å²) in [4.78, 5) is 0. The third-order valence-electron chi connectivity index (χ3n) is 3.76. The third kappa shape index (κ3) is 2.05. The first-order valence-electron chi connectivity index (χ1n) is 5.53. The van der Waals surface area contributed by atoms with Crippen LogP contribution in [0.3, 0.4) is 0 Å². The number of ether oxygens (including phenoxy) is 1. The van der Waals surface area contributed by atoms with E-state index in [1.807, 2.05) is 0 Å². The zero-order chi connectivity index (χ0) is 9.26. The van der Waals surface area contributed by atoms with E-state index in [9.17, 15) is 5.11 Å². The van der Waals surface area contributed by atoms with Crippen molar-refractivity contribution in [2.45, 2.75) is 38.7 Å². The summed E-state index contributed by atoms with van der Waals surface area (Å²) in [6.07, 6.45) is 5.10. The van der Waals surface area contributed by atoms with Crippen LogP contribution in [0.1, 0.15) is 32.6 Å². The van der Waals surface area contributed by atoms with Crippen molar-refractivity contribution < 1.29 is 9.84 Å². The number of rotatable bonds is 1. The first-order valence-corrected chi connectivity index (χ1v) is 5.53. The number of aliphatic hydroxyl groups is 1. The van der Waals surface area contributed by atoms with E-state index < -0.39 is 0 Å². The van der Waals surface area contributed by atoms with Crippen LogP contribution in [0.5, 0.6) is 0 Å². The minimum absolute atomic E-state index is 0.182. The Morgan fingerprint density at radius 3 is 2.31 bits per heavy atom. The van der Waals surface area contributed by atoms with Crippen molar-refractivity contribution in [3.8, 4) is 0 Å². The Morgan fingerprint density at radius 2 is 1.77 bits per heavy atom. The number of hydrogen-bond donors (Lipinski definition) is 1. The van der Waals surface area contributed by atoms with Gasteiger partial charge in [0.25, 0.3) is 0 Å². The maximum Gasteiger partial charge on any atom is 0.0826 e. The van der Waals surface area contributed by atoms with Crippen LogP contribution in [-0.4, -0.2) is 24.4 Å². The van der Waals surface area contributed by atoms with E-state index in [1.54, 1.807) is 0 Å². The van der Waals surface area contributed by atoms with Crippen LogP contribution in [0.15, 0.2) is 0 Å². The molecule has 2 fully saturated rings. The molecule has 0 aromatic heterocycles. The third-order valence-corrected chi connectivity index (χ3v) is 3.76. The minimum atomic E-state index is -0.182. The lowest BCUT2D eigenvalue weighted by Crippen LogP contribution is -2.29. The van der Waals surface area contributed by atoms with Gasteiger partial charge in [0, 0.05) is 5.92 Å². The Hall–Kier alpha value is -0.0800. The van der Waals surface area contributed by atoms with Gasteiger partial charge in [0.15, 0.2) is 0 Å². The molecule has 1 saturated carbocycles. The van der Waals surface area contributed by atoms with Crippen molar-refractivity contribution in [2.75, 3.05) is 13.2 Å². The van der Waals surface area contributed by atoms with Gasteiger partial charge in [-0.05, 0) is 24.7 Å². The van der Waals surface area contributed by atoms with Gasteiger partial charge in [-0.25, -0.2) is 0 Å². The second-order valence-electron chi connectivity index (χ2n) is 4.79. The largest absolute Gasteiger partial charge is 0.390 e. The highest BCUT2D eigenvalue weighted by Crippen LogP contribution is 2.36. The predicted octanol–water partition coefficient (Wildman–Crippen LogP) is 1.82. The van der Waals surface area contributed by atoms with Crippen molar-refractivity contribution in [1.82, 2.24) is 0 Å². The van der Waals surface area contributed by atoms with Crippen LogP contribution in [0, 0.1) is 17.8 Å². The van der Waals surface area contributed by atoms with Crippen LogP contribution in [0.4, 0.5) is 0 Å². The van der Waals surface area contributed by atoms with E-state index in [1.165, 1.54) is 25.7 Å². The van der Waals surface area contributed by atoms with E-state index >= 15 is 0 Å². The molecular formula is C11H20O2. The van der Waals surface area contributed by atoms with E-state index in [-0.39, 0.29) is 6.10 Å². The van der Waals surface area contributed by atoms with Gasteiger partial charge in [0.2, 0.25) is 0 Å². The zero-order valence-corrected chi connectivity index (χ0v) is 8.41. The quantitative estimate of drug-likeness (QED) is 0.673. The Bertz CT molecular complexity index is 161. The molecule has 0 aromatic rings. The van der Waals surface area contributed by atoms with Gasteiger partial charge in [0.1, 0.15) is 0 Å². The van der Waals surface area contributed by atoms with Gasteiger partial charge in [-0.1, -0.05) is 19.8 Å². The molecule has 0 radical (unpaired) electrons. The van der Waals surface area contributed by atoms with Crippen LogP contribution in [0.25, 0.3) is 0 Å². The average molecular weight is 184 g/mol. The van der Waals surface area contributed by atoms with Crippen LogP contribution < -0.4 is 0 Å². The van der Waals surface area contributed by atoms with Crippen molar-refractivity contribution in [3.05, 3.63) is 0 Å². The highest BCUT2D eigenvalue weighted by molar-refractivity contribution is 4.83. The molecule has 2 rings (SSSR count). The Morgan fingerprint density at radius 1 is 1.08 bits per heavy atom. The van der Waals surface area contributed by atoms with E-state index in [0.29, 0.717) is 12.5 Å². The lowest BCUT2D eigenvalue weighted by Gasteiger charge is -2.31. The maximum absolute atomic E-state index is 9.68. The molecule has 1 aliphatic carbocycles. The fourth-order valence-electron chi connectivity index (χ4n) is 2.72. The summed E-state index contributed by atoms with van der Waals surface area (Å²) in [5.74, 6) is 2.07. The van der Waals surface area contributed by atoms with Crippen molar-refractivity contribution in [3.63, 3.8) is 0 Å². The fraction of sp³-hybridized carbons (Fsp3) is 1.00. The molecule has 1 heterocycles. The Labute approximate surface area is 80.3 Å². The van der Waals surface area contributed by atoms with E-state index in [0.717, 1.165) is 18.4 Å². The molecule has 1 aliphatic heterocycles. The van der Waals surface area contributed by atoms with Gasteiger partial charge >= 0.3 is 0 Å². The predicted molar refractivity (Wildman–Crippen MR) is 51.4 cm³/mol. The molecule has 2 heteroatoms. The SMILES string of the molecule is CC1CCC([C@@H]2COC[C@H]2O)CC1. The highest BCUT2D eigenvalue weighted by Gasteiger charge is 2.34. The first kappa shape index (κ1) is 9.47. The topological polar surface area (TPSA) is 29.5 Å². The summed E-state index contributed by atoms with van der Waals surface area (Å²) >= 11 is 0. The molecule has 1 saturated heterocycles. The van der Waals surface area contributed by atoms with Crippen molar-refractivity contribution in [2.24, 2.45) is 17.8 Å². The molecule has 0 amide bonds. The smallest absolute Gasteiger partial charge is 0.0826 e. The molecular weight excluding hydrogens is 164 g/mol. The molecule has 2 aliphatic rings. The summed E-state index contributed by atoms with van der Waals surface area (Å²) in [6, 6.07) is 0. The lowest BCUT2D eigenvalue weighted by atomic mass is 9.75. The summed E-state index contributed by atoms with van der Waals surface area (Å²) in [5.41, 5.74) is 0. The molecule has 1 N–H and O–H groups in total. The molecule has 2 nitrogen and oxygen atoms in total.